The van der Waals surface area contributed by atoms with E-state index in [0.717, 1.165) is 12.0 Å². The molecular weight excluding hydrogens is 494 g/mol. The van der Waals surface area contributed by atoms with Crippen molar-refractivity contribution in [2.45, 2.75) is 51.9 Å². The molecule has 1 unspecified atom stereocenters. The van der Waals surface area contributed by atoms with Gasteiger partial charge in [0, 0.05) is 17.1 Å². The van der Waals surface area contributed by atoms with Crippen molar-refractivity contribution in [3.05, 3.63) is 77.1 Å². The monoisotopic (exact) mass is 525 g/mol. The quantitative estimate of drug-likeness (QED) is 0.365. The summed E-state index contributed by atoms with van der Waals surface area (Å²) in [5, 5.41) is 5.73. The van der Waals surface area contributed by atoms with E-state index in [1.54, 1.807) is 32.0 Å². The summed E-state index contributed by atoms with van der Waals surface area (Å²) in [5.74, 6) is -0.0379. The number of aryl methyl sites for hydroxylation is 2. The van der Waals surface area contributed by atoms with Crippen LogP contribution < -0.4 is 15.4 Å². The first-order valence-corrected chi connectivity index (χ1v) is 13.5. The molecule has 0 aliphatic rings. The van der Waals surface area contributed by atoms with Gasteiger partial charge in [0.2, 0.25) is 11.9 Å². The number of thiocarbonyl (C=S) groups is 1. The zero-order valence-corrected chi connectivity index (χ0v) is 22.6. The number of hydrogen-bond acceptors (Lipinski definition) is 6. The standard InChI is InChI=1S/C26H31N5O3S2/c1-16(2)14-20-6-8-21(9-7-20)19(5)24(32)30-26(35)29-22-10-12-23(13-11-22)36(33,34)31-25-27-17(3)15-18(4)28-25/h6-13,15-16,19H,14H2,1-5H3,(H,27,28,31)(H2,29,30,32,35). The largest absolute Gasteiger partial charge is 0.332 e. The van der Waals surface area contributed by atoms with E-state index in [1.165, 1.54) is 17.7 Å². The van der Waals surface area contributed by atoms with Crippen LogP contribution in [0.1, 0.15) is 49.2 Å². The Kier molecular flexibility index (Phi) is 8.75. The molecule has 0 saturated heterocycles. The van der Waals surface area contributed by atoms with Crippen LogP contribution in [0.25, 0.3) is 0 Å². The van der Waals surface area contributed by atoms with Crippen LogP contribution in [-0.2, 0) is 21.2 Å². The normalized spacial score (nSPS) is 12.2. The first-order valence-electron chi connectivity index (χ1n) is 11.6. The average Bonchev–Trinajstić information content (AvgIpc) is 2.78. The number of benzene rings is 2. The number of sulfonamides is 1. The van der Waals surface area contributed by atoms with E-state index in [1.807, 2.05) is 31.2 Å². The molecule has 0 fully saturated rings. The fourth-order valence-corrected chi connectivity index (χ4v) is 4.78. The van der Waals surface area contributed by atoms with Crippen LogP contribution in [0, 0.1) is 19.8 Å². The van der Waals surface area contributed by atoms with Crippen LogP contribution >= 0.6 is 12.2 Å². The molecule has 3 rings (SSSR count). The van der Waals surface area contributed by atoms with Gasteiger partial charge in [0.25, 0.3) is 10.0 Å². The van der Waals surface area contributed by atoms with E-state index in [4.69, 9.17) is 12.2 Å². The second-order valence-corrected chi connectivity index (χ2v) is 11.2. The lowest BCUT2D eigenvalue weighted by Gasteiger charge is -2.15. The number of aromatic nitrogens is 2. The van der Waals surface area contributed by atoms with E-state index < -0.39 is 10.0 Å². The second-order valence-electron chi connectivity index (χ2n) is 9.11. The number of rotatable bonds is 8. The van der Waals surface area contributed by atoms with Crippen molar-refractivity contribution in [1.29, 1.82) is 0 Å². The molecule has 0 saturated carbocycles. The molecule has 10 heteroatoms. The summed E-state index contributed by atoms with van der Waals surface area (Å²) in [6.07, 6.45) is 0.990. The Hall–Kier alpha value is -3.37. The van der Waals surface area contributed by atoms with Gasteiger partial charge in [-0.25, -0.2) is 23.1 Å². The Labute approximate surface area is 218 Å². The van der Waals surface area contributed by atoms with Crippen LogP contribution in [0.15, 0.2) is 59.5 Å². The molecule has 0 aliphatic carbocycles. The van der Waals surface area contributed by atoms with E-state index >= 15 is 0 Å². The lowest BCUT2D eigenvalue weighted by molar-refractivity contribution is -0.120. The van der Waals surface area contributed by atoms with Crippen molar-refractivity contribution in [3.8, 4) is 0 Å². The maximum Gasteiger partial charge on any atom is 0.264 e. The fourth-order valence-electron chi connectivity index (χ4n) is 3.62. The number of carbonyl (C=O) groups excluding carboxylic acids is 1. The summed E-state index contributed by atoms with van der Waals surface area (Å²) in [4.78, 5) is 20.9. The van der Waals surface area contributed by atoms with Gasteiger partial charge >= 0.3 is 0 Å². The second kappa shape index (κ2) is 11.6. The van der Waals surface area contributed by atoms with Crippen LogP contribution in [0.5, 0.6) is 0 Å². The van der Waals surface area contributed by atoms with Gasteiger partial charge in [-0.2, -0.15) is 0 Å². The van der Waals surface area contributed by atoms with E-state index in [-0.39, 0.29) is 27.8 Å². The number of nitrogens with one attached hydrogen (secondary N) is 3. The van der Waals surface area contributed by atoms with Crippen LogP contribution in [-0.4, -0.2) is 29.4 Å². The van der Waals surface area contributed by atoms with Crippen LogP contribution in [0.2, 0.25) is 0 Å². The Bertz CT molecular complexity index is 1320. The Morgan fingerprint density at radius 1 is 0.944 bits per heavy atom. The highest BCUT2D eigenvalue weighted by Crippen LogP contribution is 2.19. The number of hydrogen-bond donors (Lipinski definition) is 3. The zero-order chi connectivity index (χ0) is 26.5. The molecule has 1 heterocycles. The van der Waals surface area contributed by atoms with Gasteiger partial charge in [0.1, 0.15) is 0 Å². The maximum atomic E-state index is 12.7. The molecule has 1 amide bonds. The van der Waals surface area contributed by atoms with Gasteiger partial charge in [-0.05, 0) is 86.8 Å². The van der Waals surface area contributed by atoms with Gasteiger partial charge in [0.15, 0.2) is 5.11 Å². The molecule has 8 nitrogen and oxygen atoms in total. The van der Waals surface area contributed by atoms with E-state index in [0.29, 0.717) is 23.0 Å². The number of anilines is 2. The van der Waals surface area contributed by atoms with E-state index in [2.05, 4.69) is 39.2 Å². The van der Waals surface area contributed by atoms with Crippen molar-refractivity contribution in [2.75, 3.05) is 10.0 Å². The molecule has 1 atom stereocenters. The molecule has 2 aromatic carbocycles. The molecule has 0 bridgehead atoms. The summed E-state index contributed by atoms with van der Waals surface area (Å²) in [6, 6.07) is 15.8. The van der Waals surface area contributed by atoms with Gasteiger partial charge < -0.3 is 10.6 Å². The van der Waals surface area contributed by atoms with Crippen LogP contribution in [0.4, 0.5) is 11.6 Å². The van der Waals surface area contributed by atoms with E-state index in [9.17, 15) is 13.2 Å². The topological polar surface area (TPSA) is 113 Å². The summed E-state index contributed by atoms with van der Waals surface area (Å²) < 4.78 is 27.8. The van der Waals surface area contributed by atoms with Gasteiger partial charge in [-0.3, -0.25) is 4.79 Å². The minimum Gasteiger partial charge on any atom is -0.332 e. The zero-order valence-electron chi connectivity index (χ0n) is 21.0. The van der Waals surface area contributed by atoms with Gasteiger partial charge in [-0.15, -0.1) is 0 Å². The molecule has 190 valence electrons. The third-order valence-electron chi connectivity index (χ3n) is 5.38. The number of nitrogens with zero attached hydrogens (tertiary/aromatic N) is 2. The lowest BCUT2D eigenvalue weighted by Crippen LogP contribution is -2.36. The van der Waals surface area contributed by atoms with Crippen LogP contribution in [0.3, 0.4) is 0 Å². The highest BCUT2D eigenvalue weighted by molar-refractivity contribution is 7.92. The van der Waals surface area contributed by atoms with Crippen molar-refractivity contribution < 1.29 is 13.2 Å². The molecule has 0 spiro atoms. The Morgan fingerprint density at radius 2 is 1.53 bits per heavy atom. The first-order chi connectivity index (χ1) is 16.9. The minimum atomic E-state index is -3.87. The molecule has 3 N–H and O–H groups in total. The first kappa shape index (κ1) is 27.2. The summed E-state index contributed by atoms with van der Waals surface area (Å²) >= 11 is 5.28. The highest BCUT2D eigenvalue weighted by Gasteiger charge is 2.18. The Balaban J connectivity index is 1.58. The molecule has 1 aromatic heterocycles. The highest BCUT2D eigenvalue weighted by atomic mass is 32.2. The SMILES string of the molecule is Cc1cc(C)nc(NS(=O)(=O)c2ccc(NC(=S)NC(=O)C(C)c3ccc(CC(C)C)cc3)cc2)n1. The smallest absolute Gasteiger partial charge is 0.264 e. The number of amides is 1. The average molecular weight is 526 g/mol. The van der Waals surface area contributed by atoms with Crippen molar-refractivity contribution in [1.82, 2.24) is 15.3 Å². The summed E-state index contributed by atoms with van der Waals surface area (Å²) in [5.41, 5.74) is 3.99. The Morgan fingerprint density at radius 3 is 2.08 bits per heavy atom. The van der Waals surface area contributed by atoms with Gasteiger partial charge in [-0.1, -0.05) is 38.1 Å². The van der Waals surface area contributed by atoms with Gasteiger partial charge in [0.05, 0.1) is 10.8 Å². The fraction of sp³-hybridized carbons (Fsp3) is 0.308. The summed E-state index contributed by atoms with van der Waals surface area (Å²) in [6.45, 7) is 9.68. The lowest BCUT2D eigenvalue weighted by atomic mass is 9.96. The molecule has 0 aliphatic heterocycles. The number of carbonyl (C=O) groups is 1. The minimum absolute atomic E-state index is 0.0160. The predicted octanol–water partition coefficient (Wildman–Crippen LogP) is 4.71. The maximum absolute atomic E-state index is 12.7. The molecule has 3 aromatic rings. The third kappa shape index (κ3) is 7.56. The summed E-state index contributed by atoms with van der Waals surface area (Å²) in [7, 11) is -3.87. The van der Waals surface area contributed by atoms with Crippen molar-refractivity contribution in [2.24, 2.45) is 5.92 Å². The molecule has 36 heavy (non-hydrogen) atoms. The third-order valence-corrected chi connectivity index (χ3v) is 6.93. The predicted molar refractivity (Wildman–Crippen MR) is 147 cm³/mol. The molecule has 0 radical (unpaired) electrons. The van der Waals surface area contributed by atoms with Crippen molar-refractivity contribution in [3.63, 3.8) is 0 Å². The molecular formula is C26H31N5O3S2. The van der Waals surface area contributed by atoms with Crippen molar-refractivity contribution >= 4 is 44.9 Å².